The summed E-state index contributed by atoms with van der Waals surface area (Å²) in [6.45, 7) is 0. The Kier molecular flexibility index (Phi) is 4.07. The van der Waals surface area contributed by atoms with Gasteiger partial charge in [-0.3, -0.25) is 9.12 Å². The Morgan fingerprint density at radius 3 is 2.52 bits per heavy atom. The van der Waals surface area contributed by atoms with E-state index in [1.54, 1.807) is 22.7 Å². The molecule has 0 aliphatic carbocycles. The molecule has 5 nitrogen and oxygen atoms in total. The Morgan fingerprint density at radius 1 is 1.17 bits per heavy atom. The molecule has 120 valence electrons. The van der Waals surface area contributed by atoms with Crippen molar-refractivity contribution < 1.29 is 17.2 Å². The number of benzene rings is 1. The number of pyridine rings is 1. The highest BCUT2D eigenvalue weighted by molar-refractivity contribution is 9.10. The molecule has 0 radical (unpaired) electrons. The first-order valence-corrected chi connectivity index (χ1v) is 8.68. The Morgan fingerprint density at radius 2 is 1.87 bits per heavy atom. The van der Waals surface area contributed by atoms with Crippen molar-refractivity contribution in [2.45, 2.75) is 11.3 Å². The number of rotatable bonds is 4. The molecule has 0 atom stereocenters. The molecule has 0 aliphatic rings. The minimum absolute atomic E-state index is 0.105. The summed E-state index contributed by atoms with van der Waals surface area (Å²) in [6, 6.07) is 7.97. The van der Waals surface area contributed by atoms with Crippen LogP contribution in [0.3, 0.4) is 0 Å². The average Bonchev–Trinajstić information content (AvgIpc) is 2.91. The molecule has 23 heavy (non-hydrogen) atoms. The van der Waals surface area contributed by atoms with Crippen LogP contribution in [-0.2, 0) is 10.0 Å². The number of sulfonamides is 1. The second-order valence-electron chi connectivity index (χ2n) is 4.67. The molecular formula is C14H10BrF2N3O2S. The van der Waals surface area contributed by atoms with Gasteiger partial charge in [0, 0.05) is 11.8 Å². The van der Waals surface area contributed by atoms with Crippen molar-refractivity contribution >= 4 is 37.4 Å². The molecule has 3 rings (SSSR count). The van der Waals surface area contributed by atoms with Crippen molar-refractivity contribution in [2.75, 3.05) is 4.72 Å². The number of anilines is 1. The van der Waals surface area contributed by atoms with E-state index in [4.69, 9.17) is 0 Å². The van der Waals surface area contributed by atoms with Crippen LogP contribution >= 0.6 is 15.9 Å². The maximum absolute atomic E-state index is 12.5. The Hall–Kier alpha value is -2.00. The molecule has 0 bridgehead atoms. The van der Waals surface area contributed by atoms with Crippen molar-refractivity contribution in [1.82, 2.24) is 9.38 Å². The number of hydrogen-bond donors (Lipinski definition) is 1. The van der Waals surface area contributed by atoms with Crippen molar-refractivity contribution in [1.29, 1.82) is 0 Å². The fraction of sp³-hybridized carbons (Fsp3) is 0.0714. The maximum atomic E-state index is 12.5. The summed E-state index contributed by atoms with van der Waals surface area (Å²) in [5, 5.41) is 0. The minimum Gasteiger partial charge on any atom is -0.285 e. The molecule has 2 heterocycles. The van der Waals surface area contributed by atoms with E-state index in [1.165, 1.54) is 6.20 Å². The fourth-order valence-electron chi connectivity index (χ4n) is 2.04. The summed E-state index contributed by atoms with van der Waals surface area (Å²) in [4.78, 5) is 4.02. The fourth-order valence-corrected chi connectivity index (χ4v) is 3.53. The Bertz CT molecular complexity index is 956. The van der Waals surface area contributed by atoms with Gasteiger partial charge in [-0.25, -0.2) is 22.2 Å². The van der Waals surface area contributed by atoms with Crippen LogP contribution in [0.25, 0.3) is 5.65 Å². The number of hydrogen-bond acceptors (Lipinski definition) is 3. The van der Waals surface area contributed by atoms with Gasteiger partial charge in [0.05, 0.1) is 15.6 Å². The van der Waals surface area contributed by atoms with Gasteiger partial charge in [-0.2, -0.15) is 0 Å². The molecule has 0 fully saturated rings. The first kappa shape index (κ1) is 15.9. The van der Waals surface area contributed by atoms with Crippen molar-refractivity contribution in [3.8, 4) is 0 Å². The normalized spacial score (nSPS) is 12.0. The lowest BCUT2D eigenvalue weighted by Gasteiger charge is -2.08. The second kappa shape index (κ2) is 5.89. The smallest absolute Gasteiger partial charge is 0.263 e. The van der Waals surface area contributed by atoms with E-state index in [1.807, 2.05) is 0 Å². The molecule has 0 aliphatic heterocycles. The Balaban J connectivity index is 1.95. The second-order valence-corrected chi connectivity index (χ2v) is 7.21. The molecule has 9 heteroatoms. The molecule has 3 aromatic rings. The number of nitrogens with zero attached hydrogens (tertiary/aromatic N) is 2. The molecule has 1 aromatic carbocycles. The number of fused-ring (bicyclic) bond motifs is 1. The lowest BCUT2D eigenvalue weighted by Crippen LogP contribution is -2.14. The monoisotopic (exact) mass is 401 g/mol. The number of alkyl halides is 2. The highest BCUT2D eigenvalue weighted by atomic mass is 79.9. The van der Waals surface area contributed by atoms with Crippen LogP contribution in [0.2, 0.25) is 0 Å². The van der Waals surface area contributed by atoms with E-state index < -0.39 is 16.4 Å². The van der Waals surface area contributed by atoms with Crippen LogP contribution < -0.4 is 4.72 Å². The van der Waals surface area contributed by atoms with E-state index in [-0.39, 0.29) is 16.3 Å². The van der Waals surface area contributed by atoms with Gasteiger partial charge in [0.25, 0.3) is 16.4 Å². The predicted octanol–water partition coefficient (Wildman–Crippen LogP) is 3.84. The zero-order chi connectivity index (χ0) is 16.6. The number of nitrogens with one attached hydrogen (secondary N) is 1. The molecule has 2 aromatic heterocycles. The zero-order valence-electron chi connectivity index (χ0n) is 11.4. The van der Waals surface area contributed by atoms with Gasteiger partial charge in [-0.05, 0) is 40.2 Å². The Labute approximate surface area is 139 Å². The summed E-state index contributed by atoms with van der Waals surface area (Å²) < 4.78 is 54.5. The molecule has 0 saturated carbocycles. The largest absolute Gasteiger partial charge is 0.285 e. The minimum atomic E-state index is -3.90. The first-order chi connectivity index (χ1) is 10.9. The van der Waals surface area contributed by atoms with E-state index in [0.717, 1.165) is 24.3 Å². The van der Waals surface area contributed by atoms with E-state index in [9.17, 15) is 17.2 Å². The van der Waals surface area contributed by atoms with Crippen molar-refractivity contribution in [3.63, 3.8) is 0 Å². The molecular weight excluding hydrogens is 392 g/mol. The van der Waals surface area contributed by atoms with Gasteiger partial charge in [-0.1, -0.05) is 12.1 Å². The molecule has 0 amide bonds. The quantitative estimate of drug-likeness (QED) is 0.722. The van der Waals surface area contributed by atoms with Crippen molar-refractivity contribution in [2.24, 2.45) is 0 Å². The third kappa shape index (κ3) is 3.06. The van der Waals surface area contributed by atoms with E-state index in [2.05, 4.69) is 25.6 Å². The van der Waals surface area contributed by atoms with Gasteiger partial charge in [-0.15, -0.1) is 0 Å². The highest BCUT2D eigenvalue weighted by Crippen LogP contribution is 2.24. The van der Waals surface area contributed by atoms with Gasteiger partial charge in [0.15, 0.2) is 5.65 Å². The van der Waals surface area contributed by atoms with Gasteiger partial charge >= 0.3 is 0 Å². The molecule has 0 spiro atoms. The third-order valence-electron chi connectivity index (χ3n) is 3.17. The predicted molar refractivity (Wildman–Crippen MR) is 85.1 cm³/mol. The summed E-state index contributed by atoms with van der Waals surface area (Å²) in [5.74, 6) is 0.249. The lowest BCUT2D eigenvalue weighted by atomic mass is 10.2. The zero-order valence-corrected chi connectivity index (χ0v) is 13.9. The average molecular weight is 402 g/mol. The number of aromatic nitrogens is 2. The van der Waals surface area contributed by atoms with Crippen LogP contribution in [0, 0.1) is 0 Å². The standard InChI is InChI=1S/C14H10BrF2N3O2S/c15-11-2-1-7-20-12(8-18-14(11)20)19-23(21,22)10-5-3-9(4-6-10)13(16)17/h1-8,13,19H. The number of imidazole rings is 1. The summed E-state index contributed by atoms with van der Waals surface area (Å²) in [5.41, 5.74) is 0.320. The molecule has 1 N–H and O–H groups in total. The van der Waals surface area contributed by atoms with Gasteiger partial charge in [0.1, 0.15) is 5.82 Å². The van der Waals surface area contributed by atoms with Crippen LogP contribution in [0.5, 0.6) is 0 Å². The summed E-state index contributed by atoms with van der Waals surface area (Å²) in [6.07, 6.45) is 0.395. The number of halogens is 3. The van der Waals surface area contributed by atoms with Gasteiger partial charge < -0.3 is 0 Å². The SMILES string of the molecule is O=S(=O)(Nc1cnc2c(Br)cccn12)c1ccc(C(F)F)cc1. The topological polar surface area (TPSA) is 63.5 Å². The van der Waals surface area contributed by atoms with E-state index in [0.29, 0.717) is 10.1 Å². The third-order valence-corrected chi connectivity index (χ3v) is 5.16. The van der Waals surface area contributed by atoms with Crippen LogP contribution in [-0.4, -0.2) is 17.8 Å². The molecule has 0 saturated heterocycles. The lowest BCUT2D eigenvalue weighted by molar-refractivity contribution is 0.151. The van der Waals surface area contributed by atoms with Crippen LogP contribution in [0.4, 0.5) is 14.6 Å². The van der Waals surface area contributed by atoms with Crippen molar-refractivity contribution in [3.05, 3.63) is 58.8 Å². The van der Waals surface area contributed by atoms with Crippen LogP contribution in [0.1, 0.15) is 12.0 Å². The summed E-state index contributed by atoms with van der Waals surface area (Å²) in [7, 11) is -3.90. The van der Waals surface area contributed by atoms with E-state index >= 15 is 0 Å². The van der Waals surface area contributed by atoms with Gasteiger partial charge in [0.2, 0.25) is 0 Å². The first-order valence-electron chi connectivity index (χ1n) is 6.41. The highest BCUT2D eigenvalue weighted by Gasteiger charge is 2.18. The summed E-state index contributed by atoms with van der Waals surface area (Å²) >= 11 is 3.32. The van der Waals surface area contributed by atoms with Crippen LogP contribution in [0.15, 0.2) is 58.2 Å². The molecule has 0 unspecified atom stereocenters. The maximum Gasteiger partial charge on any atom is 0.263 e.